The largest absolute Gasteiger partial charge is 0.416 e. The van der Waals surface area contributed by atoms with Gasteiger partial charge in [-0.15, -0.1) is 0 Å². The zero-order valence-corrected chi connectivity index (χ0v) is 9.07. The summed E-state index contributed by atoms with van der Waals surface area (Å²) in [7, 11) is 0. The summed E-state index contributed by atoms with van der Waals surface area (Å²) in [5.74, 6) is 0. The first-order valence-electron chi connectivity index (χ1n) is 5.04. The van der Waals surface area contributed by atoms with Crippen LogP contribution in [0, 0.1) is 0 Å². The Morgan fingerprint density at radius 3 is 2.76 bits per heavy atom. The molecule has 1 aromatic carbocycles. The van der Waals surface area contributed by atoms with Crippen molar-refractivity contribution in [2.24, 2.45) is 10.9 Å². The van der Waals surface area contributed by atoms with Crippen molar-refractivity contribution >= 4 is 6.21 Å². The molecule has 0 amide bonds. The third-order valence-electron chi connectivity index (χ3n) is 1.93. The van der Waals surface area contributed by atoms with Gasteiger partial charge in [0.2, 0.25) is 0 Å². The molecule has 2 N–H and O–H groups in total. The van der Waals surface area contributed by atoms with Gasteiger partial charge in [0, 0.05) is 6.21 Å². The molecular formula is C11H13F3N2O. The van der Waals surface area contributed by atoms with Crippen molar-refractivity contribution < 1.29 is 18.0 Å². The Kier molecular flexibility index (Phi) is 4.96. The minimum absolute atomic E-state index is 0.00495. The van der Waals surface area contributed by atoms with Crippen molar-refractivity contribution in [3.05, 3.63) is 35.4 Å². The molecule has 17 heavy (non-hydrogen) atoms. The molecule has 0 aliphatic carbocycles. The first-order chi connectivity index (χ1) is 8.04. The smallest absolute Gasteiger partial charge is 0.391 e. The van der Waals surface area contributed by atoms with Crippen molar-refractivity contribution in [2.45, 2.75) is 19.2 Å². The van der Waals surface area contributed by atoms with E-state index in [1.807, 2.05) is 0 Å². The van der Waals surface area contributed by atoms with Crippen LogP contribution in [0.5, 0.6) is 0 Å². The van der Waals surface area contributed by atoms with Gasteiger partial charge in [-0.25, -0.2) is 0 Å². The first-order valence-corrected chi connectivity index (χ1v) is 5.04. The van der Waals surface area contributed by atoms with E-state index in [-0.39, 0.29) is 6.61 Å². The van der Waals surface area contributed by atoms with Gasteiger partial charge in [0.05, 0.1) is 5.56 Å². The second kappa shape index (κ2) is 6.24. The van der Waals surface area contributed by atoms with Gasteiger partial charge in [0.1, 0.15) is 6.61 Å². The molecule has 3 nitrogen and oxygen atoms in total. The molecule has 0 saturated heterocycles. The van der Waals surface area contributed by atoms with Gasteiger partial charge < -0.3 is 10.6 Å². The molecule has 0 unspecified atom stereocenters. The highest BCUT2D eigenvalue weighted by Gasteiger charge is 2.30. The van der Waals surface area contributed by atoms with Gasteiger partial charge in [0.25, 0.3) is 0 Å². The van der Waals surface area contributed by atoms with Crippen LogP contribution in [-0.4, -0.2) is 12.8 Å². The van der Waals surface area contributed by atoms with E-state index in [4.69, 9.17) is 10.6 Å². The standard InChI is InChI=1S/C11H13F3N2O/c12-11(13,14)10-4-1-3-9(7-10)8-17-16-6-2-5-15/h1,3-4,6-7H,2,5,8,15H2. The van der Waals surface area contributed by atoms with E-state index < -0.39 is 11.7 Å². The number of nitrogens with two attached hydrogens (primary N) is 1. The van der Waals surface area contributed by atoms with E-state index in [2.05, 4.69) is 5.16 Å². The summed E-state index contributed by atoms with van der Waals surface area (Å²) in [6, 6.07) is 4.94. The van der Waals surface area contributed by atoms with Crippen LogP contribution >= 0.6 is 0 Å². The maximum Gasteiger partial charge on any atom is 0.416 e. The van der Waals surface area contributed by atoms with Gasteiger partial charge in [-0.1, -0.05) is 17.3 Å². The summed E-state index contributed by atoms with van der Waals surface area (Å²) in [4.78, 5) is 4.84. The molecule has 1 rings (SSSR count). The van der Waals surface area contributed by atoms with Crippen LogP contribution in [0.1, 0.15) is 17.5 Å². The molecule has 0 bridgehead atoms. The van der Waals surface area contributed by atoms with Crippen LogP contribution in [-0.2, 0) is 17.6 Å². The minimum atomic E-state index is -4.33. The molecule has 1 aromatic rings. The Morgan fingerprint density at radius 1 is 1.35 bits per heavy atom. The zero-order valence-electron chi connectivity index (χ0n) is 9.07. The van der Waals surface area contributed by atoms with E-state index in [9.17, 15) is 13.2 Å². The number of rotatable bonds is 5. The van der Waals surface area contributed by atoms with Crippen molar-refractivity contribution in [1.29, 1.82) is 0 Å². The molecule has 0 atom stereocenters. The predicted octanol–water partition coefficient (Wildman–Crippen LogP) is 2.56. The van der Waals surface area contributed by atoms with Gasteiger partial charge in [-0.3, -0.25) is 0 Å². The molecule has 0 radical (unpaired) electrons. The molecule has 6 heteroatoms. The molecule has 94 valence electrons. The summed E-state index contributed by atoms with van der Waals surface area (Å²) in [5.41, 5.74) is 4.95. The maximum absolute atomic E-state index is 12.4. The highest BCUT2D eigenvalue weighted by Crippen LogP contribution is 2.29. The van der Waals surface area contributed by atoms with Gasteiger partial charge in [-0.05, 0) is 30.7 Å². The van der Waals surface area contributed by atoms with Crippen molar-refractivity contribution in [3.63, 3.8) is 0 Å². The second-order valence-corrected chi connectivity index (χ2v) is 3.34. The Balaban J connectivity index is 2.55. The Labute approximate surface area is 97.1 Å². The Bertz CT molecular complexity index is 377. The number of hydrogen-bond acceptors (Lipinski definition) is 3. The molecule has 0 aromatic heterocycles. The number of alkyl halides is 3. The topological polar surface area (TPSA) is 47.6 Å². The number of nitrogens with zero attached hydrogens (tertiary/aromatic N) is 1. The lowest BCUT2D eigenvalue weighted by Crippen LogP contribution is -2.05. The van der Waals surface area contributed by atoms with Crippen LogP contribution < -0.4 is 5.73 Å². The first kappa shape index (κ1) is 13.5. The van der Waals surface area contributed by atoms with Crippen molar-refractivity contribution in [3.8, 4) is 0 Å². The SMILES string of the molecule is NCCC=NOCc1cccc(C(F)(F)F)c1. The third-order valence-corrected chi connectivity index (χ3v) is 1.93. The minimum Gasteiger partial charge on any atom is -0.391 e. The number of oxime groups is 1. The monoisotopic (exact) mass is 246 g/mol. The highest BCUT2D eigenvalue weighted by molar-refractivity contribution is 5.56. The van der Waals surface area contributed by atoms with Crippen LogP contribution in [0.25, 0.3) is 0 Å². The van der Waals surface area contributed by atoms with Crippen molar-refractivity contribution in [1.82, 2.24) is 0 Å². The fourth-order valence-electron chi connectivity index (χ4n) is 1.13. The number of benzene rings is 1. The average molecular weight is 246 g/mol. The molecule has 0 fully saturated rings. The van der Waals surface area contributed by atoms with E-state index in [0.29, 0.717) is 18.5 Å². The van der Waals surface area contributed by atoms with Gasteiger partial charge in [-0.2, -0.15) is 13.2 Å². The molecule has 0 spiro atoms. The van der Waals surface area contributed by atoms with E-state index in [0.717, 1.165) is 12.1 Å². The summed E-state index contributed by atoms with van der Waals surface area (Å²) in [6.45, 7) is 0.460. The third kappa shape index (κ3) is 4.86. The fourth-order valence-corrected chi connectivity index (χ4v) is 1.13. The van der Waals surface area contributed by atoms with Crippen molar-refractivity contribution in [2.75, 3.05) is 6.54 Å². The summed E-state index contributed by atoms with van der Waals surface area (Å²) in [6.07, 6.45) is -2.28. The van der Waals surface area contributed by atoms with Gasteiger partial charge in [0.15, 0.2) is 0 Å². The lowest BCUT2D eigenvalue weighted by molar-refractivity contribution is -0.137. The lowest BCUT2D eigenvalue weighted by Gasteiger charge is -2.07. The Morgan fingerprint density at radius 2 is 2.12 bits per heavy atom. The lowest BCUT2D eigenvalue weighted by atomic mass is 10.1. The number of hydrogen-bond donors (Lipinski definition) is 1. The summed E-state index contributed by atoms with van der Waals surface area (Å²) < 4.78 is 37.1. The summed E-state index contributed by atoms with van der Waals surface area (Å²) >= 11 is 0. The molecule has 0 aliphatic heterocycles. The molecular weight excluding hydrogens is 233 g/mol. The molecule has 0 heterocycles. The van der Waals surface area contributed by atoms with Crippen LogP contribution in [0.3, 0.4) is 0 Å². The second-order valence-electron chi connectivity index (χ2n) is 3.34. The average Bonchev–Trinajstić information content (AvgIpc) is 2.28. The summed E-state index contributed by atoms with van der Waals surface area (Å²) in [5, 5.41) is 3.56. The molecule has 0 saturated carbocycles. The molecule has 0 aliphatic rings. The van der Waals surface area contributed by atoms with Crippen LogP contribution in [0.15, 0.2) is 29.4 Å². The zero-order chi connectivity index (χ0) is 12.7. The fraction of sp³-hybridized carbons (Fsp3) is 0.364. The maximum atomic E-state index is 12.4. The predicted molar refractivity (Wildman–Crippen MR) is 58.4 cm³/mol. The van der Waals surface area contributed by atoms with Crippen LogP contribution in [0.4, 0.5) is 13.2 Å². The quantitative estimate of drug-likeness (QED) is 0.641. The Hall–Kier alpha value is -1.56. The highest BCUT2D eigenvalue weighted by atomic mass is 19.4. The van der Waals surface area contributed by atoms with E-state index >= 15 is 0 Å². The van der Waals surface area contributed by atoms with E-state index in [1.165, 1.54) is 12.3 Å². The van der Waals surface area contributed by atoms with Gasteiger partial charge >= 0.3 is 6.18 Å². The number of halogens is 3. The van der Waals surface area contributed by atoms with Crippen LogP contribution in [0.2, 0.25) is 0 Å². The normalized spacial score (nSPS) is 12.0. The van der Waals surface area contributed by atoms with E-state index in [1.54, 1.807) is 6.07 Å².